The largest absolute Gasteiger partial charge is 2.00 e. The van der Waals surface area contributed by atoms with E-state index in [1.165, 1.54) is 19.3 Å². The van der Waals surface area contributed by atoms with Crippen molar-refractivity contribution in [3.63, 3.8) is 0 Å². The maximum absolute atomic E-state index is 10.9. The molecule has 0 aromatic rings. The van der Waals surface area contributed by atoms with Gasteiger partial charge in [0.25, 0.3) is 0 Å². The zero-order chi connectivity index (χ0) is 12.2. The Morgan fingerprint density at radius 2 is 1.61 bits per heavy atom. The molecular weight excluding hydrogens is 290 g/mol. The standard InChI is InChI=1S/C12H20O4.H2O.Zn/c1-2-3-4-5-6-7-10-16-12(15)9-8-11(13)14;;/h8-9H,2-7,10H2,1H3,(H,13,14);1H2;/q;;+2/p-2/b9-8+;;. The summed E-state index contributed by atoms with van der Waals surface area (Å²) in [6.45, 7) is 2.51. The van der Waals surface area contributed by atoms with Gasteiger partial charge in [0.05, 0.1) is 12.6 Å². The third-order valence-electron chi connectivity index (χ3n) is 2.10. The van der Waals surface area contributed by atoms with Crippen LogP contribution in [0.25, 0.3) is 0 Å². The monoisotopic (exact) mass is 308 g/mol. The van der Waals surface area contributed by atoms with Crippen LogP contribution in [0.2, 0.25) is 0 Å². The van der Waals surface area contributed by atoms with Gasteiger partial charge in [-0.25, -0.2) is 4.79 Å². The van der Waals surface area contributed by atoms with Gasteiger partial charge in [-0.3, -0.25) is 0 Å². The van der Waals surface area contributed by atoms with Gasteiger partial charge in [-0.1, -0.05) is 39.0 Å². The Balaban J connectivity index is -0.00000112. The molecule has 0 atom stereocenters. The molecule has 100 valence electrons. The van der Waals surface area contributed by atoms with E-state index in [0.29, 0.717) is 12.7 Å². The van der Waals surface area contributed by atoms with Crippen molar-refractivity contribution in [2.24, 2.45) is 0 Å². The molecule has 0 saturated carbocycles. The van der Waals surface area contributed by atoms with Crippen molar-refractivity contribution in [3.8, 4) is 0 Å². The van der Waals surface area contributed by atoms with Crippen molar-refractivity contribution in [3.05, 3.63) is 12.2 Å². The fourth-order valence-electron chi connectivity index (χ4n) is 1.24. The van der Waals surface area contributed by atoms with Crippen LogP contribution < -0.4 is 5.11 Å². The van der Waals surface area contributed by atoms with E-state index in [9.17, 15) is 14.7 Å². The summed E-state index contributed by atoms with van der Waals surface area (Å²) in [4.78, 5) is 20.9. The third-order valence-corrected chi connectivity index (χ3v) is 2.10. The fourth-order valence-corrected chi connectivity index (χ4v) is 1.24. The van der Waals surface area contributed by atoms with E-state index >= 15 is 0 Å². The summed E-state index contributed by atoms with van der Waals surface area (Å²) >= 11 is 0. The minimum Gasteiger partial charge on any atom is -0.870 e. The van der Waals surface area contributed by atoms with Crippen LogP contribution in [-0.2, 0) is 33.8 Å². The maximum Gasteiger partial charge on any atom is 2.00 e. The first kappa shape index (κ1) is 22.4. The molecule has 0 radical (unpaired) electrons. The van der Waals surface area contributed by atoms with Crippen LogP contribution in [0.5, 0.6) is 0 Å². The van der Waals surface area contributed by atoms with Crippen molar-refractivity contribution in [2.75, 3.05) is 6.61 Å². The average molecular weight is 310 g/mol. The summed E-state index contributed by atoms with van der Waals surface area (Å²) in [6.07, 6.45) is 8.23. The first-order chi connectivity index (χ1) is 7.66. The van der Waals surface area contributed by atoms with Crippen LogP contribution in [0.4, 0.5) is 0 Å². The van der Waals surface area contributed by atoms with E-state index in [0.717, 1.165) is 25.3 Å². The van der Waals surface area contributed by atoms with Crippen molar-refractivity contribution in [2.45, 2.75) is 45.4 Å². The van der Waals surface area contributed by atoms with Gasteiger partial charge in [0.15, 0.2) is 0 Å². The molecule has 5 nitrogen and oxygen atoms in total. The first-order valence-electron chi connectivity index (χ1n) is 5.72. The molecule has 0 fully saturated rings. The smallest absolute Gasteiger partial charge is 0.870 e. The first-order valence-corrected chi connectivity index (χ1v) is 5.72. The van der Waals surface area contributed by atoms with Gasteiger partial charge in [0.2, 0.25) is 0 Å². The maximum atomic E-state index is 10.9. The molecule has 0 heterocycles. The number of hydrogen-bond acceptors (Lipinski definition) is 5. The number of unbranched alkanes of at least 4 members (excludes halogenated alkanes) is 5. The Labute approximate surface area is 121 Å². The van der Waals surface area contributed by atoms with E-state index in [4.69, 9.17) is 4.74 Å². The van der Waals surface area contributed by atoms with Crippen molar-refractivity contribution >= 4 is 11.9 Å². The molecule has 0 rings (SSSR count). The van der Waals surface area contributed by atoms with E-state index in [1.807, 2.05) is 0 Å². The second-order valence-electron chi connectivity index (χ2n) is 3.59. The number of carboxylic acid groups (broad SMARTS) is 1. The quantitative estimate of drug-likeness (QED) is 0.274. The number of hydrogen-bond donors (Lipinski definition) is 0. The molecule has 0 aromatic carbocycles. The summed E-state index contributed by atoms with van der Waals surface area (Å²) in [5.74, 6) is -2.02. The van der Waals surface area contributed by atoms with E-state index < -0.39 is 11.9 Å². The van der Waals surface area contributed by atoms with Gasteiger partial charge in [-0.15, -0.1) is 0 Å². The number of esters is 1. The number of carboxylic acids is 1. The van der Waals surface area contributed by atoms with Crippen molar-refractivity contribution in [1.29, 1.82) is 0 Å². The molecule has 0 unspecified atom stereocenters. The molecule has 18 heavy (non-hydrogen) atoms. The van der Waals surface area contributed by atoms with Gasteiger partial charge < -0.3 is 20.1 Å². The predicted octanol–water partition coefficient (Wildman–Crippen LogP) is 1.02. The second-order valence-corrected chi connectivity index (χ2v) is 3.59. The van der Waals surface area contributed by atoms with Crippen LogP contribution in [0.15, 0.2) is 12.2 Å². The number of carbonyl (C=O) groups excluding carboxylic acids is 2. The summed E-state index contributed by atoms with van der Waals surface area (Å²) in [6, 6.07) is 0. The molecule has 0 aromatic heterocycles. The molecule has 0 saturated heterocycles. The zero-order valence-corrected chi connectivity index (χ0v) is 13.9. The molecule has 0 amide bonds. The summed E-state index contributed by atoms with van der Waals surface area (Å²) in [5.41, 5.74) is 0. The van der Waals surface area contributed by atoms with Crippen LogP contribution in [0.3, 0.4) is 0 Å². The Morgan fingerprint density at radius 3 is 2.17 bits per heavy atom. The topological polar surface area (TPSA) is 96.4 Å². The van der Waals surface area contributed by atoms with Gasteiger partial charge in [-0.2, -0.15) is 0 Å². The Bertz CT molecular complexity index is 241. The SMILES string of the molecule is CCCCCCCCOC(=O)/C=C/C(=O)[O-].[OH-].[Zn+2]. The van der Waals surface area contributed by atoms with Crippen molar-refractivity contribution in [1.82, 2.24) is 0 Å². The van der Waals surface area contributed by atoms with Gasteiger partial charge >= 0.3 is 25.4 Å². The Kier molecular flexibility index (Phi) is 20.3. The molecule has 0 bridgehead atoms. The van der Waals surface area contributed by atoms with Crippen LogP contribution in [0.1, 0.15) is 45.4 Å². The molecular formula is C12H20O5Zn. The summed E-state index contributed by atoms with van der Waals surface area (Å²) < 4.78 is 4.78. The van der Waals surface area contributed by atoms with E-state index in [2.05, 4.69) is 6.92 Å². The van der Waals surface area contributed by atoms with Crippen LogP contribution in [0, 0.1) is 0 Å². The number of ether oxygens (including phenoxy) is 1. The third kappa shape index (κ3) is 17.7. The van der Waals surface area contributed by atoms with Crippen molar-refractivity contribution < 1.29 is 44.4 Å². The summed E-state index contributed by atoms with van der Waals surface area (Å²) in [7, 11) is 0. The van der Waals surface area contributed by atoms with Crippen LogP contribution >= 0.6 is 0 Å². The van der Waals surface area contributed by atoms with E-state index in [-0.39, 0.29) is 25.0 Å². The molecule has 6 heteroatoms. The van der Waals surface area contributed by atoms with Crippen LogP contribution in [-0.4, -0.2) is 24.0 Å². The number of carbonyl (C=O) groups is 2. The number of rotatable bonds is 9. The molecule has 0 spiro atoms. The number of aliphatic carboxylic acids is 1. The predicted molar refractivity (Wildman–Crippen MR) is 60.4 cm³/mol. The Morgan fingerprint density at radius 1 is 1.06 bits per heavy atom. The fraction of sp³-hybridized carbons (Fsp3) is 0.667. The van der Waals surface area contributed by atoms with E-state index in [1.54, 1.807) is 0 Å². The Hall–Kier alpha value is -0.737. The minimum absolute atomic E-state index is 0. The van der Waals surface area contributed by atoms with Gasteiger partial charge in [-0.05, 0) is 12.5 Å². The normalized spacial score (nSPS) is 9.39. The average Bonchev–Trinajstić information content (AvgIpc) is 2.25. The molecule has 1 N–H and O–H groups in total. The van der Waals surface area contributed by atoms with Gasteiger partial charge in [0, 0.05) is 6.08 Å². The minimum atomic E-state index is -1.39. The zero-order valence-electron chi connectivity index (χ0n) is 10.9. The van der Waals surface area contributed by atoms with Gasteiger partial charge in [0.1, 0.15) is 0 Å². The molecule has 0 aliphatic heterocycles. The summed E-state index contributed by atoms with van der Waals surface area (Å²) in [5, 5.41) is 9.97. The molecule has 0 aliphatic carbocycles. The molecule has 0 aliphatic rings. The second kappa shape index (κ2) is 16.3.